The Morgan fingerprint density at radius 3 is 2.21 bits per heavy atom. The van der Waals surface area contributed by atoms with Crippen molar-refractivity contribution in [1.82, 2.24) is 36.1 Å². The van der Waals surface area contributed by atoms with Crippen LogP contribution < -0.4 is 21.3 Å². The van der Waals surface area contributed by atoms with Gasteiger partial charge in [-0.15, -0.1) is 0 Å². The largest absolute Gasteiger partial charge is 0.347 e. The molecule has 0 bridgehead atoms. The fourth-order valence-electron chi connectivity index (χ4n) is 6.61. The first-order valence-electron chi connectivity index (χ1n) is 16.9. The molecule has 6 atom stereocenters. The molecule has 15 heteroatoms. The van der Waals surface area contributed by atoms with E-state index in [0.29, 0.717) is 6.42 Å². The highest BCUT2D eigenvalue weighted by Gasteiger charge is 2.51. The van der Waals surface area contributed by atoms with Gasteiger partial charge in [0.2, 0.25) is 29.9 Å². The Bertz CT molecular complexity index is 1340. The van der Waals surface area contributed by atoms with Gasteiger partial charge < -0.3 is 26.2 Å². The number of carbonyl (C=O) groups is 6. The summed E-state index contributed by atoms with van der Waals surface area (Å²) >= 11 is 0. The van der Waals surface area contributed by atoms with E-state index in [1.165, 1.54) is 23.5 Å². The minimum Gasteiger partial charge on any atom is -0.347 e. The number of Topliss-reactive ketones (excluding diaryl/α,β-unsaturated/α-hetero) is 1. The van der Waals surface area contributed by atoms with Gasteiger partial charge in [0, 0.05) is 31.4 Å². The third-order valence-electron chi connectivity index (χ3n) is 9.39. The van der Waals surface area contributed by atoms with E-state index in [9.17, 15) is 37.5 Å². The minimum atomic E-state index is -2.60. The SMILES string of the molecule is CC(C)C(NC(=O)c1cnccn1)C(=O)N[C@H](C(=O)N1C[C@@H]2CCC[C@@H]2[C@H]1C(=O)NC(CCCC(F)F)C(=O)C(=O)NC1CC1)C(C)C. The van der Waals surface area contributed by atoms with E-state index in [1.807, 2.05) is 0 Å². The van der Waals surface area contributed by atoms with Crippen LogP contribution in [0.15, 0.2) is 18.6 Å². The lowest BCUT2D eigenvalue weighted by Gasteiger charge is -2.34. The van der Waals surface area contributed by atoms with Crippen molar-refractivity contribution in [1.29, 1.82) is 0 Å². The molecule has 5 amide bonds. The van der Waals surface area contributed by atoms with Gasteiger partial charge in [0.1, 0.15) is 23.8 Å². The number of ketones is 1. The number of nitrogens with zero attached hydrogens (tertiary/aromatic N) is 3. The highest BCUT2D eigenvalue weighted by atomic mass is 19.3. The molecule has 0 radical (unpaired) electrons. The first kappa shape index (κ1) is 36.8. The molecule has 1 saturated heterocycles. The van der Waals surface area contributed by atoms with Crippen molar-refractivity contribution < 1.29 is 37.5 Å². The highest BCUT2D eigenvalue weighted by Crippen LogP contribution is 2.42. The quantitative estimate of drug-likeness (QED) is 0.192. The number of alkyl halides is 2. The maximum Gasteiger partial charge on any atom is 0.289 e. The first-order chi connectivity index (χ1) is 22.8. The molecule has 1 aliphatic heterocycles. The van der Waals surface area contributed by atoms with Crippen LogP contribution in [-0.4, -0.2) is 93.4 Å². The molecule has 0 spiro atoms. The summed E-state index contributed by atoms with van der Waals surface area (Å²) in [5.74, 6) is -5.00. The average molecular weight is 676 g/mol. The topological polar surface area (TPSA) is 180 Å². The second-order valence-electron chi connectivity index (χ2n) is 13.8. The maximum atomic E-state index is 14.2. The van der Waals surface area contributed by atoms with Crippen LogP contribution in [0.4, 0.5) is 8.78 Å². The lowest BCUT2D eigenvalue weighted by molar-refractivity contribution is -0.145. The monoisotopic (exact) mass is 675 g/mol. The first-order valence-corrected chi connectivity index (χ1v) is 16.9. The fourth-order valence-corrected chi connectivity index (χ4v) is 6.61. The van der Waals surface area contributed by atoms with Crippen molar-refractivity contribution in [3.63, 3.8) is 0 Å². The average Bonchev–Trinajstić information content (AvgIpc) is 3.61. The third-order valence-corrected chi connectivity index (χ3v) is 9.39. The van der Waals surface area contributed by atoms with Crippen molar-refractivity contribution in [2.45, 2.75) is 116 Å². The molecule has 3 fully saturated rings. The Hall–Kier alpha value is -4.04. The summed E-state index contributed by atoms with van der Waals surface area (Å²) in [7, 11) is 0. The van der Waals surface area contributed by atoms with Gasteiger partial charge in [0.15, 0.2) is 0 Å². The smallest absolute Gasteiger partial charge is 0.289 e. The Labute approximate surface area is 279 Å². The molecule has 2 unspecified atom stereocenters. The number of likely N-dealkylation sites (tertiary alicyclic amines) is 1. The van der Waals surface area contributed by atoms with Crippen LogP contribution in [-0.2, 0) is 24.0 Å². The summed E-state index contributed by atoms with van der Waals surface area (Å²) in [6.07, 6.45) is 4.51. The Kier molecular flexibility index (Phi) is 12.6. The van der Waals surface area contributed by atoms with Crippen LogP contribution in [0.2, 0.25) is 0 Å². The number of halogens is 2. The van der Waals surface area contributed by atoms with E-state index in [0.717, 1.165) is 25.7 Å². The van der Waals surface area contributed by atoms with E-state index in [-0.39, 0.29) is 48.9 Å². The molecule has 0 aromatic carbocycles. The van der Waals surface area contributed by atoms with Crippen molar-refractivity contribution in [3.05, 3.63) is 24.3 Å². The molecule has 48 heavy (non-hydrogen) atoms. The zero-order chi connectivity index (χ0) is 35.1. The predicted molar refractivity (Wildman–Crippen MR) is 169 cm³/mol. The lowest BCUT2D eigenvalue weighted by Crippen LogP contribution is -2.60. The summed E-state index contributed by atoms with van der Waals surface area (Å²) in [4.78, 5) is 89.5. The molecular formula is C33H47F2N7O6. The number of amides is 5. The standard InChI is InChI=1S/C33H47F2N7O6/c1-17(2)25(40-29(44)23-15-36-13-14-37-23)30(45)41-26(18(3)4)33(48)42-16-19-7-5-8-21(19)27(42)31(46)39-22(9-6-10-24(34)35)28(43)32(47)38-20-11-12-20/h13-15,17-22,24-27H,5-12,16H2,1-4H3,(H,38,47)(H,39,46)(H,40,44)(H,41,45)/t19-,21-,22?,25?,26-,27-/m0/s1. The summed E-state index contributed by atoms with van der Waals surface area (Å²) in [5, 5.41) is 10.7. The normalized spacial score (nSPS) is 22.2. The molecule has 4 rings (SSSR count). The van der Waals surface area contributed by atoms with Gasteiger partial charge in [-0.1, -0.05) is 34.1 Å². The van der Waals surface area contributed by atoms with Crippen molar-refractivity contribution in [3.8, 4) is 0 Å². The Morgan fingerprint density at radius 1 is 0.896 bits per heavy atom. The second kappa shape index (κ2) is 16.4. The number of aromatic nitrogens is 2. The minimum absolute atomic E-state index is 0.0223. The molecule has 2 saturated carbocycles. The van der Waals surface area contributed by atoms with Crippen LogP contribution in [0.1, 0.15) is 89.5 Å². The zero-order valence-electron chi connectivity index (χ0n) is 27.9. The molecule has 264 valence electrons. The summed E-state index contributed by atoms with van der Waals surface area (Å²) in [6.45, 7) is 7.28. The second-order valence-corrected chi connectivity index (χ2v) is 13.8. The molecule has 1 aromatic heterocycles. The van der Waals surface area contributed by atoms with Gasteiger partial charge in [0.05, 0.1) is 12.2 Å². The summed E-state index contributed by atoms with van der Waals surface area (Å²) < 4.78 is 25.9. The van der Waals surface area contributed by atoms with Gasteiger partial charge in [-0.2, -0.15) is 0 Å². The van der Waals surface area contributed by atoms with Crippen LogP contribution in [0.5, 0.6) is 0 Å². The number of hydrogen-bond donors (Lipinski definition) is 4. The fraction of sp³-hybridized carbons (Fsp3) is 0.697. The van der Waals surface area contributed by atoms with Gasteiger partial charge in [-0.05, 0) is 62.2 Å². The molecule has 4 N–H and O–H groups in total. The highest BCUT2D eigenvalue weighted by molar-refractivity contribution is 6.38. The number of fused-ring (bicyclic) bond motifs is 1. The molecule has 3 aliphatic rings. The Balaban J connectivity index is 1.51. The predicted octanol–water partition coefficient (Wildman–Crippen LogP) is 1.77. The van der Waals surface area contributed by atoms with E-state index < -0.39 is 78.3 Å². The van der Waals surface area contributed by atoms with E-state index in [1.54, 1.807) is 27.7 Å². The van der Waals surface area contributed by atoms with E-state index >= 15 is 0 Å². The van der Waals surface area contributed by atoms with Crippen LogP contribution in [0.3, 0.4) is 0 Å². The number of rotatable bonds is 16. The molecule has 13 nitrogen and oxygen atoms in total. The number of carbonyl (C=O) groups excluding carboxylic acids is 6. The molecule has 2 aliphatic carbocycles. The third kappa shape index (κ3) is 9.31. The van der Waals surface area contributed by atoms with Crippen molar-refractivity contribution in [2.75, 3.05) is 6.54 Å². The van der Waals surface area contributed by atoms with Gasteiger partial charge in [-0.3, -0.25) is 33.8 Å². The van der Waals surface area contributed by atoms with Gasteiger partial charge >= 0.3 is 0 Å². The molecular weight excluding hydrogens is 628 g/mol. The summed E-state index contributed by atoms with van der Waals surface area (Å²) in [5.41, 5.74) is 0.0286. The van der Waals surface area contributed by atoms with Crippen molar-refractivity contribution >= 4 is 35.3 Å². The Morgan fingerprint density at radius 2 is 1.60 bits per heavy atom. The molecule has 2 heterocycles. The summed E-state index contributed by atoms with van der Waals surface area (Å²) in [6, 6.07) is -4.46. The van der Waals surface area contributed by atoms with E-state index in [2.05, 4.69) is 31.2 Å². The lowest BCUT2D eigenvalue weighted by atomic mass is 9.92. The molecule has 1 aromatic rings. The number of hydrogen-bond acceptors (Lipinski definition) is 8. The van der Waals surface area contributed by atoms with Crippen molar-refractivity contribution in [2.24, 2.45) is 23.7 Å². The number of nitrogens with one attached hydrogen (secondary N) is 4. The maximum absolute atomic E-state index is 14.2. The van der Waals surface area contributed by atoms with Gasteiger partial charge in [-0.25, -0.2) is 13.8 Å². The van der Waals surface area contributed by atoms with Crippen LogP contribution >= 0.6 is 0 Å². The van der Waals surface area contributed by atoms with Crippen LogP contribution in [0.25, 0.3) is 0 Å². The van der Waals surface area contributed by atoms with Gasteiger partial charge in [0.25, 0.3) is 11.8 Å². The zero-order valence-corrected chi connectivity index (χ0v) is 27.9. The van der Waals surface area contributed by atoms with Crippen LogP contribution in [0, 0.1) is 23.7 Å². The van der Waals surface area contributed by atoms with E-state index in [4.69, 9.17) is 0 Å².